The Bertz CT molecular complexity index is 498. The van der Waals surface area contributed by atoms with Gasteiger partial charge in [-0.1, -0.05) is 32.0 Å². The standard InChI is InChI=1S/C15H20N2/c1-15(2,8-9-16)11-12-7-10-17-14-6-4-3-5-13(12)14/h3-7,10H,8-9,11,16H2,1-2H3. The highest BCUT2D eigenvalue weighted by Crippen LogP contribution is 2.28. The summed E-state index contributed by atoms with van der Waals surface area (Å²) in [6.45, 7) is 5.29. The summed E-state index contributed by atoms with van der Waals surface area (Å²) in [4.78, 5) is 4.39. The Morgan fingerprint density at radius 1 is 1.18 bits per heavy atom. The van der Waals surface area contributed by atoms with Crippen LogP contribution < -0.4 is 5.73 Å². The molecule has 0 unspecified atom stereocenters. The minimum Gasteiger partial charge on any atom is -0.330 e. The fourth-order valence-electron chi connectivity index (χ4n) is 2.30. The molecule has 0 saturated carbocycles. The van der Waals surface area contributed by atoms with Gasteiger partial charge in [0.15, 0.2) is 0 Å². The SMILES string of the molecule is CC(C)(CCN)Cc1ccnc2ccccc12. The van der Waals surface area contributed by atoms with Crippen LogP contribution >= 0.6 is 0 Å². The molecule has 1 heterocycles. The van der Waals surface area contributed by atoms with Crippen LogP contribution in [-0.2, 0) is 6.42 Å². The molecule has 1 aromatic heterocycles. The molecule has 0 bridgehead atoms. The van der Waals surface area contributed by atoms with Crippen molar-refractivity contribution in [1.82, 2.24) is 4.98 Å². The van der Waals surface area contributed by atoms with E-state index in [1.807, 2.05) is 12.3 Å². The second-order valence-corrected chi connectivity index (χ2v) is 5.37. The lowest BCUT2D eigenvalue weighted by molar-refractivity contribution is 0.340. The van der Waals surface area contributed by atoms with Crippen molar-refractivity contribution in [1.29, 1.82) is 0 Å². The van der Waals surface area contributed by atoms with Gasteiger partial charge >= 0.3 is 0 Å². The number of fused-ring (bicyclic) bond motifs is 1. The molecule has 0 aliphatic rings. The summed E-state index contributed by atoms with van der Waals surface area (Å²) >= 11 is 0. The molecular formula is C15H20N2. The maximum absolute atomic E-state index is 5.67. The predicted octanol–water partition coefficient (Wildman–Crippen LogP) is 3.15. The molecule has 2 heteroatoms. The van der Waals surface area contributed by atoms with Gasteiger partial charge in [0, 0.05) is 11.6 Å². The van der Waals surface area contributed by atoms with E-state index in [9.17, 15) is 0 Å². The van der Waals surface area contributed by atoms with Gasteiger partial charge in [-0.3, -0.25) is 4.98 Å². The average Bonchev–Trinajstić information content (AvgIpc) is 2.29. The summed E-state index contributed by atoms with van der Waals surface area (Å²) in [5.74, 6) is 0. The lowest BCUT2D eigenvalue weighted by Gasteiger charge is -2.24. The Labute approximate surface area is 103 Å². The van der Waals surface area contributed by atoms with Crippen molar-refractivity contribution >= 4 is 10.9 Å². The van der Waals surface area contributed by atoms with Crippen LogP contribution in [0.2, 0.25) is 0 Å². The van der Waals surface area contributed by atoms with Crippen LogP contribution in [0.1, 0.15) is 25.8 Å². The van der Waals surface area contributed by atoms with Crippen molar-refractivity contribution < 1.29 is 0 Å². The molecule has 17 heavy (non-hydrogen) atoms. The maximum Gasteiger partial charge on any atom is 0.0704 e. The minimum absolute atomic E-state index is 0.249. The van der Waals surface area contributed by atoms with Gasteiger partial charge < -0.3 is 5.73 Å². The second kappa shape index (κ2) is 4.84. The number of nitrogens with zero attached hydrogens (tertiary/aromatic N) is 1. The molecule has 0 fully saturated rings. The Hall–Kier alpha value is -1.41. The van der Waals surface area contributed by atoms with E-state index < -0.39 is 0 Å². The second-order valence-electron chi connectivity index (χ2n) is 5.37. The first-order chi connectivity index (χ1) is 8.12. The molecule has 0 aliphatic heterocycles. The van der Waals surface area contributed by atoms with Gasteiger partial charge in [-0.2, -0.15) is 0 Å². The zero-order valence-electron chi connectivity index (χ0n) is 10.6. The molecule has 0 spiro atoms. The first kappa shape index (κ1) is 12.1. The monoisotopic (exact) mass is 228 g/mol. The molecular weight excluding hydrogens is 208 g/mol. The molecule has 0 aliphatic carbocycles. The van der Waals surface area contributed by atoms with Gasteiger partial charge in [0.1, 0.15) is 0 Å². The summed E-state index contributed by atoms with van der Waals surface area (Å²) in [6.07, 6.45) is 3.99. The van der Waals surface area contributed by atoms with Crippen LogP contribution in [0.25, 0.3) is 10.9 Å². The first-order valence-corrected chi connectivity index (χ1v) is 6.15. The normalized spacial score (nSPS) is 11.9. The van der Waals surface area contributed by atoms with Crippen molar-refractivity contribution in [2.24, 2.45) is 11.1 Å². The third-order valence-corrected chi connectivity index (χ3v) is 3.23. The van der Waals surface area contributed by atoms with Crippen molar-refractivity contribution in [2.45, 2.75) is 26.7 Å². The Morgan fingerprint density at radius 3 is 2.71 bits per heavy atom. The van der Waals surface area contributed by atoms with E-state index in [0.29, 0.717) is 0 Å². The summed E-state index contributed by atoms with van der Waals surface area (Å²) in [7, 11) is 0. The lowest BCUT2D eigenvalue weighted by Crippen LogP contribution is -2.19. The van der Waals surface area contributed by atoms with Gasteiger partial charge in [-0.05, 0) is 42.5 Å². The van der Waals surface area contributed by atoms with E-state index >= 15 is 0 Å². The van der Waals surface area contributed by atoms with E-state index in [2.05, 4.69) is 43.1 Å². The summed E-state index contributed by atoms with van der Waals surface area (Å²) in [6, 6.07) is 10.4. The molecule has 2 aromatic rings. The molecule has 2 nitrogen and oxygen atoms in total. The van der Waals surface area contributed by atoms with Crippen molar-refractivity contribution in [3.05, 3.63) is 42.1 Å². The van der Waals surface area contributed by atoms with Crippen molar-refractivity contribution in [3.63, 3.8) is 0 Å². The fraction of sp³-hybridized carbons (Fsp3) is 0.400. The van der Waals surface area contributed by atoms with Crippen LogP contribution in [0.3, 0.4) is 0 Å². The van der Waals surface area contributed by atoms with Gasteiger partial charge in [-0.15, -0.1) is 0 Å². The average molecular weight is 228 g/mol. The van der Waals surface area contributed by atoms with Gasteiger partial charge in [0.05, 0.1) is 5.52 Å². The van der Waals surface area contributed by atoms with Crippen LogP contribution in [0, 0.1) is 5.41 Å². The fourth-order valence-corrected chi connectivity index (χ4v) is 2.30. The van der Waals surface area contributed by atoms with E-state index in [4.69, 9.17) is 5.73 Å². The van der Waals surface area contributed by atoms with Gasteiger partial charge in [0.25, 0.3) is 0 Å². The summed E-state index contributed by atoms with van der Waals surface area (Å²) < 4.78 is 0. The topological polar surface area (TPSA) is 38.9 Å². The first-order valence-electron chi connectivity index (χ1n) is 6.15. The Balaban J connectivity index is 2.36. The Kier molecular flexibility index (Phi) is 3.43. The molecule has 90 valence electrons. The van der Waals surface area contributed by atoms with Gasteiger partial charge in [-0.25, -0.2) is 0 Å². The third-order valence-electron chi connectivity index (χ3n) is 3.23. The molecule has 2 N–H and O–H groups in total. The largest absolute Gasteiger partial charge is 0.330 e. The number of benzene rings is 1. The highest BCUT2D eigenvalue weighted by Gasteiger charge is 2.18. The Morgan fingerprint density at radius 2 is 1.94 bits per heavy atom. The van der Waals surface area contributed by atoms with Crippen LogP contribution in [0.5, 0.6) is 0 Å². The van der Waals surface area contributed by atoms with Crippen LogP contribution in [0.4, 0.5) is 0 Å². The smallest absolute Gasteiger partial charge is 0.0704 e. The zero-order chi connectivity index (χ0) is 12.3. The van der Waals surface area contributed by atoms with Gasteiger partial charge in [0.2, 0.25) is 0 Å². The zero-order valence-corrected chi connectivity index (χ0v) is 10.6. The molecule has 0 amide bonds. The molecule has 2 rings (SSSR count). The number of aromatic nitrogens is 1. The van der Waals surface area contributed by atoms with Crippen LogP contribution in [0.15, 0.2) is 36.5 Å². The van der Waals surface area contributed by atoms with Crippen molar-refractivity contribution in [3.8, 4) is 0 Å². The summed E-state index contributed by atoms with van der Waals surface area (Å²) in [5, 5.41) is 1.26. The number of para-hydroxylation sites is 1. The lowest BCUT2D eigenvalue weighted by atomic mass is 9.82. The predicted molar refractivity (Wildman–Crippen MR) is 72.9 cm³/mol. The molecule has 0 saturated heterocycles. The van der Waals surface area contributed by atoms with E-state index in [-0.39, 0.29) is 5.41 Å². The number of hydrogen-bond donors (Lipinski definition) is 1. The minimum atomic E-state index is 0.249. The maximum atomic E-state index is 5.67. The van der Waals surface area contributed by atoms with Crippen LogP contribution in [-0.4, -0.2) is 11.5 Å². The number of pyridine rings is 1. The highest BCUT2D eigenvalue weighted by atomic mass is 14.6. The van der Waals surface area contributed by atoms with Crippen molar-refractivity contribution in [2.75, 3.05) is 6.54 Å². The molecule has 0 atom stereocenters. The van der Waals surface area contributed by atoms with E-state index in [0.717, 1.165) is 24.9 Å². The highest BCUT2D eigenvalue weighted by molar-refractivity contribution is 5.81. The quantitative estimate of drug-likeness (QED) is 0.873. The molecule has 1 aromatic carbocycles. The molecule has 0 radical (unpaired) electrons. The summed E-state index contributed by atoms with van der Waals surface area (Å²) in [5.41, 5.74) is 8.36. The number of hydrogen-bond acceptors (Lipinski definition) is 2. The number of nitrogens with two attached hydrogens (primary N) is 1. The van der Waals surface area contributed by atoms with E-state index in [1.165, 1.54) is 10.9 Å². The third kappa shape index (κ3) is 2.83. The number of rotatable bonds is 4. The van der Waals surface area contributed by atoms with E-state index in [1.54, 1.807) is 0 Å².